The molecule has 0 saturated carbocycles. The van der Waals surface area contributed by atoms with Crippen LogP contribution in [0.3, 0.4) is 0 Å². The number of nitrogens with one attached hydrogen (secondary N) is 3. The number of hydrogen-bond donors (Lipinski definition) is 3. The summed E-state index contributed by atoms with van der Waals surface area (Å²) < 4.78 is 5.18. The second-order valence-electron chi connectivity index (χ2n) is 4.97. The molecule has 0 radical (unpaired) electrons. The molecule has 8 heteroatoms. The van der Waals surface area contributed by atoms with Crippen LogP contribution < -0.4 is 21.2 Å². The van der Waals surface area contributed by atoms with E-state index >= 15 is 0 Å². The van der Waals surface area contributed by atoms with Crippen molar-refractivity contribution in [3.05, 3.63) is 67.7 Å². The molecule has 1 aromatic heterocycles. The van der Waals surface area contributed by atoms with E-state index in [4.69, 9.17) is 16.3 Å². The molecular weight excluding hydrogens is 334 g/mol. The lowest BCUT2D eigenvalue weighted by atomic mass is 10.1. The molecule has 0 atom stereocenters. The summed E-state index contributed by atoms with van der Waals surface area (Å²) in [6, 6.07) is 9.39. The molecule has 0 unspecified atom stereocenters. The third-order valence-corrected chi connectivity index (χ3v) is 3.63. The fourth-order valence-corrected chi connectivity index (χ4v) is 2.40. The Morgan fingerprint density at radius 2 is 1.75 bits per heavy atom. The third-order valence-electron chi connectivity index (χ3n) is 3.39. The standard InChI is InChI=1S/C16H12ClN3O4/c1-24-13-5-3-9(17)7-12(13)20-14(21)8-2-4-10-11(6-8)19-16(23)15(22)18-10/h2-7H,1H3,(H,18,22)(H,19,23)(H,20,21). The van der Waals surface area contributed by atoms with Crippen molar-refractivity contribution in [2.24, 2.45) is 0 Å². The average molecular weight is 346 g/mol. The lowest BCUT2D eigenvalue weighted by Gasteiger charge is -2.11. The molecule has 0 bridgehead atoms. The van der Waals surface area contributed by atoms with E-state index in [1.807, 2.05) is 0 Å². The largest absolute Gasteiger partial charge is 0.495 e. The van der Waals surface area contributed by atoms with E-state index in [1.54, 1.807) is 18.2 Å². The van der Waals surface area contributed by atoms with E-state index in [1.165, 1.54) is 25.3 Å². The van der Waals surface area contributed by atoms with Crippen molar-refractivity contribution >= 4 is 34.2 Å². The van der Waals surface area contributed by atoms with Crippen LogP contribution in [0.1, 0.15) is 10.4 Å². The number of H-pyrrole nitrogens is 2. The van der Waals surface area contributed by atoms with Gasteiger partial charge < -0.3 is 20.0 Å². The molecule has 1 heterocycles. The number of aromatic amines is 2. The molecule has 0 spiro atoms. The molecule has 7 nitrogen and oxygen atoms in total. The number of anilines is 1. The second-order valence-corrected chi connectivity index (χ2v) is 5.40. The molecule has 0 saturated heterocycles. The topological polar surface area (TPSA) is 104 Å². The van der Waals surface area contributed by atoms with Gasteiger partial charge in [0.2, 0.25) is 0 Å². The van der Waals surface area contributed by atoms with E-state index in [0.717, 1.165) is 0 Å². The predicted octanol–water partition coefficient (Wildman–Crippen LogP) is 2.13. The van der Waals surface area contributed by atoms with Crippen LogP contribution in [0.5, 0.6) is 5.75 Å². The molecule has 24 heavy (non-hydrogen) atoms. The number of hydrogen-bond acceptors (Lipinski definition) is 4. The van der Waals surface area contributed by atoms with E-state index in [-0.39, 0.29) is 0 Å². The van der Waals surface area contributed by atoms with Gasteiger partial charge >= 0.3 is 11.1 Å². The van der Waals surface area contributed by atoms with Gasteiger partial charge in [-0.15, -0.1) is 0 Å². The fraction of sp³-hybridized carbons (Fsp3) is 0.0625. The van der Waals surface area contributed by atoms with Crippen LogP contribution in [-0.2, 0) is 0 Å². The van der Waals surface area contributed by atoms with Gasteiger partial charge in [-0.3, -0.25) is 14.4 Å². The molecule has 0 aliphatic carbocycles. The highest BCUT2D eigenvalue weighted by atomic mass is 35.5. The lowest BCUT2D eigenvalue weighted by Crippen LogP contribution is -2.29. The number of amides is 1. The number of carbonyl (C=O) groups is 1. The van der Waals surface area contributed by atoms with Crippen molar-refractivity contribution in [3.8, 4) is 5.75 Å². The van der Waals surface area contributed by atoms with Crippen molar-refractivity contribution in [1.29, 1.82) is 0 Å². The summed E-state index contributed by atoms with van der Waals surface area (Å²) in [6.07, 6.45) is 0. The zero-order valence-electron chi connectivity index (χ0n) is 12.5. The molecule has 2 aromatic carbocycles. The molecule has 1 amide bonds. The van der Waals surface area contributed by atoms with Crippen LogP contribution in [0.15, 0.2) is 46.0 Å². The van der Waals surface area contributed by atoms with E-state index in [2.05, 4.69) is 15.3 Å². The van der Waals surface area contributed by atoms with Gasteiger partial charge in [0, 0.05) is 10.6 Å². The Kier molecular flexibility index (Phi) is 4.09. The van der Waals surface area contributed by atoms with Gasteiger partial charge in [-0.2, -0.15) is 0 Å². The Balaban J connectivity index is 1.97. The van der Waals surface area contributed by atoms with Crippen LogP contribution in [-0.4, -0.2) is 23.0 Å². The summed E-state index contributed by atoms with van der Waals surface area (Å²) in [7, 11) is 1.48. The molecule has 3 aromatic rings. The Bertz CT molecular complexity index is 1060. The van der Waals surface area contributed by atoms with Crippen LogP contribution in [0, 0.1) is 0 Å². The highest BCUT2D eigenvalue weighted by Gasteiger charge is 2.11. The second kappa shape index (κ2) is 6.21. The monoisotopic (exact) mass is 345 g/mol. The SMILES string of the molecule is COc1ccc(Cl)cc1NC(=O)c1ccc2[nH]c(=O)c(=O)[nH]c2c1. The summed E-state index contributed by atoms with van der Waals surface area (Å²) in [4.78, 5) is 40.0. The van der Waals surface area contributed by atoms with Crippen LogP contribution in [0.25, 0.3) is 11.0 Å². The number of rotatable bonds is 3. The Labute approximate surface area is 140 Å². The summed E-state index contributed by atoms with van der Waals surface area (Å²) >= 11 is 5.93. The number of carbonyl (C=O) groups excluding carboxylic acids is 1. The Hall–Kier alpha value is -3.06. The van der Waals surface area contributed by atoms with Crippen molar-refractivity contribution in [2.45, 2.75) is 0 Å². The van der Waals surface area contributed by atoms with E-state index in [9.17, 15) is 14.4 Å². The van der Waals surface area contributed by atoms with Gasteiger partial charge in [-0.25, -0.2) is 0 Å². The number of methoxy groups -OCH3 is 1. The summed E-state index contributed by atoms with van der Waals surface area (Å²) in [5, 5.41) is 3.15. The Morgan fingerprint density at radius 3 is 2.46 bits per heavy atom. The smallest absolute Gasteiger partial charge is 0.314 e. The predicted molar refractivity (Wildman–Crippen MR) is 91.1 cm³/mol. The summed E-state index contributed by atoms with van der Waals surface area (Å²) in [5.74, 6) is 0.0517. The maximum absolute atomic E-state index is 12.4. The zero-order valence-corrected chi connectivity index (χ0v) is 13.2. The van der Waals surface area contributed by atoms with Gasteiger partial charge in [0.05, 0.1) is 23.8 Å². The first-order chi connectivity index (χ1) is 11.5. The quantitative estimate of drug-likeness (QED) is 0.632. The summed E-state index contributed by atoms with van der Waals surface area (Å²) in [6.45, 7) is 0. The minimum atomic E-state index is -0.781. The van der Waals surface area contributed by atoms with Crippen LogP contribution in [0.4, 0.5) is 5.69 Å². The highest BCUT2D eigenvalue weighted by molar-refractivity contribution is 6.31. The molecule has 0 aliphatic rings. The normalized spacial score (nSPS) is 10.6. The van der Waals surface area contributed by atoms with Gasteiger partial charge in [-0.05, 0) is 36.4 Å². The minimum absolute atomic E-state index is 0.298. The number of benzene rings is 2. The third kappa shape index (κ3) is 3.02. The first-order valence-electron chi connectivity index (χ1n) is 6.89. The molecule has 3 N–H and O–H groups in total. The fourth-order valence-electron chi connectivity index (χ4n) is 2.23. The number of halogens is 1. The lowest BCUT2D eigenvalue weighted by molar-refractivity contribution is 0.102. The van der Waals surface area contributed by atoms with E-state index < -0.39 is 17.0 Å². The van der Waals surface area contributed by atoms with Crippen molar-refractivity contribution in [1.82, 2.24) is 9.97 Å². The van der Waals surface area contributed by atoms with Crippen molar-refractivity contribution < 1.29 is 9.53 Å². The first kappa shape index (κ1) is 15.8. The summed E-state index contributed by atoms with van der Waals surface area (Å²) in [5.41, 5.74) is -0.0287. The minimum Gasteiger partial charge on any atom is -0.495 e. The molecule has 0 fully saturated rings. The van der Waals surface area contributed by atoms with Gasteiger partial charge in [0.15, 0.2) is 0 Å². The average Bonchev–Trinajstić information content (AvgIpc) is 2.55. The maximum atomic E-state index is 12.4. The number of ether oxygens (including phenoxy) is 1. The van der Waals surface area contributed by atoms with Crippen LogP contribution >= 0.6 is 11.6 Å². The van der Waals surface area contributed by atoms with Crippen molar-refractivity contribution in [2.75, 3.05) is 12.4 Å². The van der Waals surface area contributed by atoms with E-state index in [0.29, 0.717) is 33.1 Å². The maximum Gasteiger partial charge on any atom is 0.314 e. The zero-order chi connectivity index (χ0) is 17.3. The molecule has 0 aliphatic heterocycles. The molecular formula is C16H12ClN3O4. The molecule has 122 valence electrons. The first-order valence-corrected chi connectivity index (χ1v) is 7.27. The van der Waals surface area contributed by atoms with Gasteiger partial charge in [0.25, 0.3) is 5.91 Å². The number of fused-ring (bicyclic) bond motifs is 1. The number of aromatic nitrogens is 2. The highest BCUT2D eigenvalue weighted by Crippen LogP contribution is 2.28. The molecule has 3 rings (SSSR count). The van der Waals surface area contributed by atoms with Gasteiger partial charge in [-0.1, -0.05) is 11.6 Å². The Morgan fingerprint density at radius 1 is 1.04 bits per heavy atom. The van der Waals surface area contributed by atoms with Crippen molar-refractivity contribution in [3.63, 3.8) is 0 Å². The van der Waals surface area contributed by atoms with Crippen LogP contribution in [0.2, 0.25) is 5.02 Å². The van der Waals surface area contributed by atoms with Gasteiger partial charge in [0.1, 0.15) is 5.75 Å².